The lowest BCUT2D eigenvalue weighted by Crippen LogP contribution is -2.46. The number of nitrogens with zero attached hydrogens (tertiary/aromatic N) is 1. The predicted octanol–water partition coefficient (Wildman–Crippen LogP) is 1.38. The van der Waals surface area contributed by atoms with Crippen LogP contribution in [0.25, 0.3) is 0 Å². The molecule has 1 fully saturated rings. The van der Waals surface area contributed by atoms with Gasteiger partial charge in [-0.05, 0) is 37.7 Å². The Morgan fingerprint density at radius 2 is 1.83 bits per heavy atom. The van der Waals surface area contributed by atoms with Crippen molar-refractivity contribution in [1.82, 2.24) is 4.90 Å². The maximum Gasteiger partial charge on any atom is 0.326 e. The molecule has 0 bridgehead atoms. The van der Waals surface area contributed by atoms with Crippen molar-refractivity contribution in [1.29, 1.82) is 0 Å². The maximum absolute atomic E-state index is 13.2. The van der Waals surface area contributed by atoms with Crippen LogP contribution < -0.4 is 5.73 Å². The number of amides is 1. The summed E-state index contributed by atoms with van der Waals surface area (Å²) in [7, 11) is 0. The Balaban J connectivity index is 2.16. The van der Waals surface area contributed by atoms with E-state index < -0.39 is 35.7 Å². The van der Waals surface area contributed by atoms with E-state index in [9.17, 15) is 24.6 Å². The third-order valence-electron chi connectivity index (χ3n) is 5.36. The average Bonchev–Trinajstić information content (AvgIpc) is 3.20. The van der Waals surface area contributed by atoms with Crippen LogP contribution in [0.3, 0.4) is 0 Å². The van der Waals surface area contributed by atoms with Crippen LogP contribution in [0.1, 0.15) is 31.2 Å². The molecular weight excluding hydrogens is 376 g/mol. The van der Waals surface area contributed by atoms with Crippen LogP contribution in [0.5, 0.6) is 0 Å². The smallest absolute Gasteiger partial charge is 0.326 e. The summed E-state index contributed by atoms with van der Waals surface area (Å²) < 4.78 is 5.39. The Morgan fingerprint density at radius 1 is 1.10 bits per heavy atom. The van der Waals surface area contributed by atoms with Gasteiger partial charge in [-0.3, -0.25) is 9.59 Å². The van der Waals surface area contributed by atoms with Crippen LogP contribution in [-0.4, -0.2) is 65.3 Å². The van der Waals surface area contributed by atoms with Gasteiger partial charge in [-0.15, -0.1) is 0 Å². The van der Waals surface area contributed by atoms with Crippen LogP contribution in [0.15, 0.2) is 30.3 Å². The molecule has 2 rings (SSSR count). The van der Waals surface area contributed by atoms with Gasteiger partial charge in [-0.25, -0.2) is 4.79 Å². The Morgan fingerprint density at radius 3 is 2.45 bits per heavy atom. The third kappa shape index (κ3) is 6.54. The molecule has 0 aromatic heterocycles. The molecule has 3 atom stereocenters. The van der Waals surface area contributed by atoms with E-state index in [2.05, 4.69) is 0 Å². The first-order valence-corrected chi connectivity index (χ1v) is 10.0. The van der Waals surface area contributed by atoms with Crippen molar-refractivity contribution in [2.75, 3.05) is 26.3 Å². The summed E-state index contributed by atoms with van der Waals surface area (Å²) in [4.78, 5) is 38.1. The minimum atomic E-state index is -1.05. The minimum Gasteiger partial charge on any atom is -0.481 e. The number of rotatable bonds is 12. The molecule has 1 heterocycles. The van der Waals surface area contributed by atoms with Crippen molar-refractivity contribution < 1.29 is 29.3 Å². The van der Waals surface area contributed by atoms with E-state index in [1.54, 1.807) is 0 Å². The lowest BCUT2D eigenvalue weighted by molar-refractivity contribution is -0.155. The number of benzene rings is 1. The van der Waals surface area contributed by atoms with Gasteiger partial charge in [0.05, 0.1) is 18.4 Å². The number of hydrogen-bond donors (Lipinski definition) is 3. The van der Waals surface area contributed by atoms with E-state index in [1.807, 2.05) is 30.3 Å². The van der Waals surface area contributed by atoms with Gasteiger partial charge in [0, 0.05) is 19.7 Å². The summed E-state index contributed by atoms with van der Waals surface area (Å²) in [5.74, 6) is -4.27. The van der Waals surface area contributed by atoms with Crippen molar-refractivity contribution in [2.24, 2.45) is 17.6 Å². The van der Waals surface area contributed by atoms with Crippen LogP contribution in [0, 0.1) is 11.8 Å². The predicted molar refractivity (Wildman–Crippen MR) is 106 cm³/mol. The van der Waals surface area contributed by atoms with Gasteiger partial charge in [-0.1, -0.05) is 30.3 Å². The number of nitrogens with two attached hydrogens (primary N) is 1. The number of carboxylic acids is 2. The van der Waals surface area contributed by atoms with Crippen molar-refractivity contribution in [2.45, 2.75) is 38.1 Å². The number of carbonyl (C=O) groups is 3. The van der Waals surface area contributed by atoms with E-state index in [0.29, 0.717) is 39.0 Å². The molecule has 0 radical (unpaired) electrons. The first-order valence-electron chi connectivity index (χ1n) is 10.0. The normalized spacial score (nSPS) is 18.4. The summed E-state index contributed by atoms with van der Waals surface area (Å²) >= 11 is 0. The second kappa shape index (κ2) is 11.5. The van der Waals surface area contributed by atoms with Crippen LogP contribution in [0.2, 0.25) is 0 Å². The van der Waals surface area contributed by atoms with Crippen molar-refractivity contribution in [3.8, 4) is 0 Å². The quantitative estimate of drug-likeness (QED) is 0.447. The van der Waals surface area contributed by atoms with Crippen LogP contribution in [0.4, 0.5) is 0 Å². The van der Waals surface area contributed by atoms with E-state index in [4.69, 9.17) is 10.5 Å². The molecule has 160 valence electrons. The highest BCUT2D eigenvalue weighted by atomic mass is 16.5. The molecule has 1 aromatic rings. The molecule has 1 aliphatic heterocycles. The lowest BCUT2D eigenvalue weighted by atomic mass is 9.84. The van der Waals surface area contributed by atoms with E-state index in [0.717, 1.165) is 5.56 Å². The fourth-order valence-electron chi connectivity index (χ4n) is 3.86. The largest absolute Gasteiger partial charge is 0.481 e. The number of ether oxygens (including phenoxy) is 1. The van der Waals surface area contributed by atoms with Gasteiger partial charge >= 0.3 is 11.9 Å². The summed E-state index contributed by atoms with van der Waals surface area (Å²) in [5, 5.41) is 19.3. The monoisotopic (exact) mass is 406 g/mol. The minimum absolute atomic E-state index is 0.203. The van der Waals surface area contributed by atoms with E-state index >= 15 is 0 Å². The highest BCUT2D eigenvalue weighted by Gasteiger charge is 2.41. The van der Waals surface area contributed by atoms with Gasteiger partial charge in [0.25, 0.3) is 0 Å². The Bertz CT molecular complexity index is 681. The number of aryl methyl sites for hydroxylation is 1. The van der Waals surface area contributed by atoms with Crippen molar-refractivity contribution >= 4 is 17.8 Å². The first-order chi connectivity index (χ1) is 14.0. The molecule has 1 aromatic carbocycles. The Kier molecular flexibility index (Phi) is 9.08. The molecule has 8 heteroatoms. The van der Waals surface area contributed by atoms with E-state index in [-0.39, 0.29) is 19.4 Å². The molecule has 0 saturated carbocycles. The Labute approximate surface area is 170 Å². The molecule has 1 aliphatic rings. The van der Waals surface area contributed by atoms with Gasteiger partial charge in [0.15, 0.2) is 0 Å². The van der Waals surface area contributed by atoms with E-state index in [1.165, 1.54) is 4.90 Å². The zero-order valence-electron chi connectivity index (χ0n) is 16.5. The molecule has 8 nitrogen and oxygen atoms in total. The molecule has 4 N–H and O–H groups in total. The zero-order chi connectivity index (χ0) is 21.2. The number of carboxylic acid groups (broad SMARTS) is 2. The fourth-order valence-corrected chi connectivity index (χ4v) is 3.86. The molecule has 1 saturated heterocycles. The second-order valence-corrected chi connectivity index (χ2v) is 7.29. The molecule has 1 amide bonds. The fraction of sp³-hybridized carbons (Fsp3) is 0.571. The molecule has 2 unspecified atom stereocenters. The molecule has 0 aliphatic carbocycles. The van der Waals surface area contributed by atoms with Gasteiger partial charge < -0.3 is 25.6 Å². The summed E-state index contributed by atoms with van der Waals surface area (Å²) in [6.07, 6.45) is 2.01. The SMILES string of the molecule is NCCOCCC(C(=O)N1CCC[C@H]1C(=O)O)C(CCc1ccccc1)C(=O)O. The highest BCUT2D eigenvalue weighted by molar-refractivity contribution is 5.88. The van der Waals surface area contributed by atoms with Gasteiger partial charge in [0.1, 0.15) is 6.04 Å². The number of likely N-dealkylation sites (tertiary alicyclic amines) is 1. The van der Waals surface area contributed by atoms with Crippen molar-refractivity contribution in [3.63, 3.8) is 0 Å². The summed E-state index contributed by atoms with van der Waals surface area (Å²) in [5.41, 5.74) is 6.41. The van der Waals surface area contributed by atoms with Crippen LogP contribution >= 0.6 is 0 Å². The van der Waals surface area contributed by atoms with Gasteiger partial charge in [-0.2, -0.15) is 0 Å². The molecule has 29 heavy (non-hydrogen) atoms. The lowest BCUT2D eigenvalue weighted by Gasteiger charge is -2.30. The first kappa shape index (κ1) is 22.8. The highest BCUT2D eigenvalue weighted by Crippen LogP contribution is 2.28. The summed E-state index contributed by atoms with van der Waals surface area (Å²) in [6.45, 7) is 1.20. The molecular formula is C21H30N2O6. The number of hydrogen-bond acceptors (Lipinski definition) is 5. The second-order valence-electron chi connectivity index (χ2n) is 7.29. The average molecular weight is 406 g/mol. The van der Waals surface area contributed by atoms with Crippen LogP contribution in [-0.2, 0) is 25.5 Å². The number of carbonyl (C=O) groups excluding carboxylic acids is 1. The maximum atomic E-state index is 13.2. The zero-order valence-corrected chi connectivity index (χ0v) is 16.5. The Hall–Kier alpha value is -2.45. The van der Waals surface area contributed by atoms with Crippen molar-refractivity contribution in [3.05, 3.63) is 35.9 Å². The third-order valence-corrected chi connectivity index (χ3v) is 5.36. The standard InChI is InChI=1S/C21H30N2O6/c22-11-14-29-13-10-16(19(24)23-12-4-7-18(23)21(27)28)17(20(25)26)9-8-15-5-2-1-3-6-15/h1-3,5-6,16-18H,4,7-14,22H2,(H,25,26)(H,27,28)/t16?,17?,18-/m0/s1. The summed E-state index contributed by atoms with van der Waals surface area (Å²) in [6, 6.07) is 8.60. The number of aliphatic carboxylic acids is 2. The topological polar surface area (TPSA) is 130 Å². The molecule has 0 spiro atoms. The van der Waals surface area contributed by atoms with Gasteiger partial charge in [0.2, 0.25) is 5.91 Å².